The number of anilines is 1. The Morgan fingerprint density at radius 1 is 1.03 bits per heavy atom. The van der Waals surface area contributed by atoms with Gasteiger partial charge in [-0.1, -0.05) is 29.8 Å². The third kappa shape index (κ3) is 4.94. The molecule has 0 radical (unpaired) electrons. The van der Waals surface area contributed by atoms with E-state index in [-0.39, 0.29) is 34.1 Å². The number of aromatic nitrogens is 1. The summed E-state index contributed by atoms with van der Waals surface area (Å²) >= 11 is 6.01. The van der Waals surface area contributed by atoms with E-state index in [0.29, 0.717) is 0 Å². The van der Waals surface area contributed by atoms with E-state index < -0.39 is 16.7 Å². The number of carbonyl (C=O) groups excluding carboxylic acids is 2. The van der Waals surface area contributed by atoms with Crippen molar-refractivity contribution in [1.82, 2.24) is 10.3 Å². The van der Waals surface area contributed by atoms with E-state index in [9.17, 15) is 19.7 Å². The zero-order valence-electron chi connectivity index (χ0n) is 15.0. The van der Waals surface area contributed by atoms with E-state index in [1.807, 2.05) is 6.07 Å². The molecule has 0 aliphatic heterocycles. The van der Waals surface area contributed by atoms with Gasteiger partial charge in [0.05, 0.1) is 26.8 Å². The predicted molar refractivity (Wildman–Crippen MR) is 108 cm³/mol. The number of nitro benzene ring substituents is 1. The third-order valence-corrected chi connectivity index (χ3v) is 4.33. The molecule has 8 nitrogen and oxygen atoms in total. The van der Waals surface area contributed by atoms with Gasteiger partial charge < -0.3 is 10.6 Å². The zero-order chi connectivity index (χ0) is 20.8. The normalized spacial score (nSPS) is 10.2. The van der Waals surface area contributed by atoms with E-state index >= 15 is 0 Å². The topological polar surface area (TPSA) is 114 Å². The van der Waals surface area contributed by atoms with Crippen molar-refractivity contribution in [2.24, 2.45) is 0 Å². The zero-order valence-corrected chi connectivity index (χ0v) is 15.7. The van der Waals surface area contributed by atoms with Crippen LogP contribution in [-0.4, -0.2) is 21.7 Å². The Bertz CT molecular complexity index is 1070. The molecule has 1 heterocycles. The highest BCUT2D eigenvalue weighted by Crippen LogP contribution is 2.24. The lowest BCUT2D eigenvalue weighted by atomic mass is 10.1. The van der Waals surface area contributed by atoms with Gasteiger partial charge in [-0.3, -0.25) is 24.7 Å². The van der Waals surface area contributed by atoms with Crippen LogP contribution in [0.2, 0.25) is 5.02 Å². The molecule has 3 rings (SSSR count). The van der Waals surface area contributed by atoms with Gasteiger partial charge in [0, 0.05) is 31.1 Å². The second kappa shape index (κ2) is 8.94. The molecular weight excluding hydrogens is 396 g/mol. The monoisotopic (exact) mass is 410 g/mol. The number of carbonyl (C=O) groups is 2. The fraction of sp³-hybridized carbons (Fsp3) is 0.0500. The average molecular weight is 411 g/mol. The maximum absolute atomic E-state index is 12.6. The molecule has 146 valence electrons. The maximum atomic E-state index is 12.6. The van der Waals surface area contributed by atoms with Crippen LogP contribution in [-0.2, 0) is 6.54 Å². The molecule has 0 atom stereocenters. The van der Waals surface area contributed by atoms with Crippen molar-refractivity contribution in [3.63, 3.8) is 0 Å². The lowest BCUT2D eigenvalue weighted by molar-refractivity contribution is -0.384. The average Bonchev–Trinajstić information content (AvgIpc) is 2.73. The fourth-order valence-electron chi connectivity index (χ4n) is 2.56. The molecule has 0 aliphatic rings. The number of rotatable bonds is 6. The molecule has 0 saturated heterocycles. The Kier molecular flexibility index (Phi) is 6.16. The molecule has 0 saturated carbocycles. The van der Waals surface area contributed by atoms with Gasteiger partial charge in [0.15, 0.2) is 0 Å². The Hall–Kier alpha value is -3.78. The second-order valence-electron chi connectivity index (χ2n) is 5.96. The SMILES string of the molecule is O=C(Nc1ccccc1C(=O)NCc1cccnc1)c1cc([N+](=O)[O-])ccc1Cl. The molecule has 0 unspecified atom stereocenters. The van der Waals surface area contributed by atoms with E-state index in [0.717, 1.165) is 11.6 Å². The smallest absolute Gasteiger partial charge is 0.270 e. The van der Waals surface area contributed by atoms with Gasteiger partial charge in [-0.2, -0.15) is 0 Å². The summed E-state index contributed by atoms with van der Waals surface area (Å²) in [5, 5.41) is 16.4. The minimum absolute atomic E-state index is 0.0617. The summed E-state index contributed by atoms with van der Waals surface area (Å²) in [7, 11) is 0. The van der Waals surface area contributed by atoms with Crippen molar-refractivity contribution >= 4 is 34.8 Å². The Morgan fingerprint density at radius 3 is 2.55 bits per heavy atom. The molecule has 2 N–H and O–H groups in total. The summed E-state index contributed by atoms with van der Waals surface area (Å²) in [6, 6.07) is 13.6. The Balaban J connectivity index is 1.78. The quantitative estimate of drug-likeness (QED) is 0.473. The van der Waals surface area contributed by atoms with Gasteiger partial charge in [-0.15, -0.1) is 0 Å². The Morgan fingerprint density at radius 2 is 1.83 bits per heavy atom. The van der Waals surface area contributed by atoms with Crippen molar-refractivity contribution in [3.05, 3.63) is 98.8 Å². The molecule has 2 aromatic carbocycles. The lowest BCUT2D eigenvalue weighted by Gasteiger charge is -2.12. The fourth-order valence-corrected chi connectivity index (χ4v) is 2.76. The number of nitro groups is 1. The van der Waals surface area contributed by atoms with Crippen LogP contribution in [0.25, 0.3) is 0 Å². The summed E-state index contributed by atoms with van der Waals surface area (Å²) in [6.07, 6.45) is 3.27. The van der Waals surface area contributed by atoms with E-state index in [4.69, 9.17) is 11.6 Å². The number of para-hydroxylation sites is 1. The predicted octanol–water partition coefficient (Wildman–Crippen LogP) is 3.83. The first-order valence-electron chi connectivity index (χ1n) is 8.47. The van der Waals surface area contributed by atoms with Gasteiger partial charge in [-0.05, 0) is 29.8 Å². The summed E-state index contributed by atoms with van der Waals surface area (Å²) in [5.74, 6) is -1.05. The standard InChI is InChI=1S/C20H15ClN4O4/c21-17-8-7-14(25(28)29)10-16(17)20(27)24-18-6-2-1-5-15(18)19(26)23-12-13-4-3-9-22-11-13/h1-11H,12H2,(H,23,26)(H,24,27). The molecule has 2 amide bonds. The second-order valence-corrected chi connectivity index (χ2v) is 6.37. The highest BCUT2D eigenvalue weighted by atomic mass is 35.5. The van der Waals surface area contributed by atoms with Crippen molar-refractivity contribution in [1.29, 1.82) is 0 Å². The van der Waals surface area contributed by atoms with E-state index in [1.165, 1.54) is 12.1 Å². The first-order chi connectivity index (χ1) is 14.0. The molecule has 1 aromatic heterocycles. The number of hydrogen-bond acceptors (Lipinski definition) is 5. The minimum atomic E-state index is -0.661. The number of nitrogens with one attached hydrogen (secondary N) is 2. The molecule has 29 heavy (non-hydrogen) atoms. The molecule has 0 spiro atoms. The van der Waals surface area contributed by atoms with Crippen molar-refractivity contribution in [2.45, 2.75) is 6.54 Å². The van der Waals surface area contributed by atoms with Crippen LogP contribution in [0.1, 0.15) is 26.3 Å². The molecule has 0 bridgehead atoms. The summed E-state index contributed by atoms with van der Waals surface area (Å²) < 4.78 is 0. The number of amides is 2. The summed E-state index contributed by atoms with van der Waals surface area (Å²) in [6.45, 7) is 0.270. The highest BCUT2D eigenvalue weighted by molar-refractivity contribution is 6.34. The first kappa shape index (κ1) is 20.0. The van der Waals surface area contributed by atoms with Crippen LogP contribution in [0, 0.1) is 10.1 Å². The number of nitrogens with zero attached hydrogens (tertiary/aromatic N) is 2. The number of benzene rings is 2. The van der Waals surface area contributed by atoms with Crippen LogP contribution in [0.3, 0.4) is 0 Å². The van der Waals surface area contributed by atoms with Crippen LogP contribution in [0.15, 0.2) is 67.0 Å². The largest absolute Gasteiger partial charge is 0.348 e. The van der Waals surface area contributed by atoms with Crippen LogP contribution >= 0.6 is 11.6 Å². The van der Waals surface area contributed by atoms with Crippen LogP contribution < -0.4 is 10.6 Å². The lowest BCUT2D eigenvalue weighted by Crippen LogP contribution is -2.25. The molecule has 0 aliphatic carbocycles. The summed E-state index contributed by atoms with van der Waals surface area (Å²) in [4.78, 5) is 39.5. The minimum Gasteiger partial charge on any atom is -0.348 e. The molecule has 3 aromatic rings. The van der Waals surface area contributed by atoms with Gasteiger partial charge in [0.1, 0.15) is 0 Å². The van der Waals surface area contributed by atoms with Gasteiger partial charge in [0.2, 0.25) is 0 Å². The Labute approximate surface area is 170 Å². The maximum Gasteiger partial charge on any atom is 0.270 e. The summed E-state index contributed by atoms with van der Waals surface area (Å²) in [5.41, 5.74) is 0.995. The van der Waals surface area contributed by atoms with Crippen LogP contribution in [0.5, 0.6) is 0 Å². The number of halogens is 1. The molecular formula is C20H15ClN4O4. The highest BCUT2D eigenvalue weighted by Gasteiger charge is 2.18. The molecule has 0 fully saturated rings. The number of pyridine rings is 1. The van der Waals surface area contributed by atoms with Crippen molar-refractivity contribution < 1.29 is 14.5 Å². The van der Waals surface area contributed by atoms with E-state index in [2.05, 4.69) is 15.6 Å². The van der Waals surface area contributed by atoms with Gasteiger partial charge >= 0.3 is 0 Å². The van der Waals surface area contributed by atoms with E-state index in [1.54, 1.807) is 42.7 Å². The third-order valence-electron chi connectivity index (χ3n) is 4.00. The number of non-ortho nitro benzene ring substituents is 1. The molecule has 9 heteroatoms. The number of hydrogen-bond donors (Lipinski definition) is 2. The van der Waals surface area contributed by atoms with Gasteiger partial charge in [-0.25, -0.2) is 0 Å². The van der Waals surface area contributed by atoms with Crippen molar-refractivity contribution in [3.8, 4) is 0 Å². The van der Waals surface area contributed by atoms with Gasteiger partial charge in [0.25, 0.3) is 17.5 Å². The van der Waals surface area contributed by atoms with Crippen molar-refractivity contribution in [2.75, 3.05) is 5.32 Å². The first-order valence-corrected chi connectivity index (χ1v) is 8.85. The van der Waals surface area contributed by atoms with Crippen LogP contribution in [0.4, 0.5) is 11.4 Å².